The van der Waals surface area contributed by atoms with E-state index in [1.54, 1.807) is 6.33 Å². The van der Waals surface area contributed by atoms with Gasteiger partial charge in [-0.25, -0.2) is 4.98 Å². The summed E-state index contributed by atoms with van der Waals surface area (Å²) in [5.41, 5.74) is 14.4. The van der Waals surface area contributed by atoms with E-state index < -0.39 is 0 Å². The molecule has 2 heterocycles. The first-order chi connectivity index (χ1) is 15.0. The van der Waals surface area contributed by atoms with E-state index in [1.807, 2.05) is 6.21 Å². The maximum absolute atomic E-state index is 9.48. The largest absolute Gasteiger partial charge is 0.396 e. The Balaban J connectivity index is 1.77. The highest BCUT2D eigenvalue weighted by atomic mass is 16.3. The number of rotatable bonds is 6. The number of nitrogen functional groups attached to an aromatic ring is 1. The molecule has 31 heavy (non-hydrogen) atoms. The number of aryl methyl sites for hydroxylation is 1. The molecule has 0 saturated carbocycles. The second kappa shape index (κ2) is 9.10. The van der Waals surface area contributed by atoms with Crippen molar-refractivity contribution >= 4 is 34.3 Å². The summed E-state index contributed by atoms with van der Waals surface area (Å²) >= 11 is 0. The number of fused-ring (bicyclic) bond motifs is 1. The molecule has 6 nitrogen and oxygen atoms in total. The molecular weight excluding hydrogens is 386 g/mol. The second-order valence-electron chi connectivity index (χ2n) is 8.76. The van der Waals surface area contributed by atoms with Gasteiger partial charge in [0.15, 0.2) is 0 Å². The van der Waals surface area contributed by atoms with Crippen LogP contribution in [0.25, 0.3) is 22.2 Å². The van der Waals surface area contributed by atoms with Crippen LogP contribution in [0.2, 0.25) is 0 Å². The van der Waals surface area contributed by atoms with Crippen molar-refractivity contribution in [1.29, 1.82) is 0 Å². The summed E-state index contributed by atoms with van der Waals surface area (Å²) in [5, 5.41) is 9.48. The zero-order valence-electron chi connectivity index (χ0n) is 18.7. The van der Waals surface area contributed by atoms with Gasteiger partial charge in [-0.05, 0) is 61.3 Å². The minimum atomic E-state index is 0.261. The number of anilines is 2. The Kier molecular flexibility index (Phi) is 6.28. The van der Waals surface area contributed by atoms with Crippen LogP contribution in [0.4, 0.5) is 17.1 Å². The molecule has 1 aliphatic rings. The van der Waals surface area contributed by atoms with Gasteiger partial charge in [-0.3, -0.25) is 4.99 Å². The number of aromatic nitrogens is 2. The van der Waals surface area contributed by atoms with Gasteiger partial charge >= 0.3 is 0 Å². The van der Waals surface area contributed by atoms with E-state index in [4.69, 9.17) is 10.7 Å². The molecule has 0 spiro atoms. The third-order valence-electron chi connectivity index (χ3n) is 6.57. The topological polar surface area (TPSA) is 90.5 Å². The number of benzene rings is 2. The molecule has 4 N–H and O–H groups in total. The number of hydrogen-bond acceptors (Lipinski definition) is 5. The van der Waals surface area contributed by atoms with Gasteiger partial charge in [0.25, 0.3) is 0 Å². The van der Waals surface area contributed by atoms with Gasteiger partial charge < -0.3 is 20.7 Å². The number of nitrogens with one attached hydrogen (secondary N) is 1. The molecular formula is C25H33N5O. The highest BCUT2D eigenvalue weighted by Gasteiger charge is 2.23. The number of H-pyrrole nitrogens is 1. The molecule has 1 saturated heterocycles. The first-order valence-corrected chi connectivity index (χ1v) is 11.3. The predicted octanol–water partition coefficient (Wildman–Crippen LogP) is 5.08. The van der Waals surface area contributed by atoms with Crippen molar-refractivity contribution in [2.75, 3.05) is 30.3 Å². The number of imidazole rings is 1. The molecule has 4 rings (SSSR count). The lowest BCUT2D eigenvalue weighted by molar-refractivity contribution is 0.203. The summed E-state index contributed by atoms with van der Waals surface area (Å²) in [5.74, 6) is 0.835. The summed E-state index contributed by atoms with van der Waals surface area (Å²) in [6.07, 6.45) is 6.78. The number of nitrogens with zero attached hydrogens (tertiary/aromatic N) is 3. The van der Waals surface area contributed by atoms with Gasteiger partial charge in [0.2, 0.25) is 0 Å². The zero-order chi connectivity index (χ0) is 22.0. The molecule has 0 amide bonds. The van der Waals surface area contributed by atoms with E-state index >= 15 is 0 Å². The average molecular weight is 420 g/mol. The van der Waals surface area contributed by atoms with Crippen molar-refractivity contribution in [3.05, 3.63) is 36.2 Å². The van der Waals surface area contributed by atoms with Gasteiger partial charge in [-0.15, -0.1) is 0 Å². The van der Waals surface area contributed by atoms with Crippen molar-refractivity contribution in [1.82, 2.24) is 9.97 Å². The van der Waals surface area contributed by atoms with Crippen molar-refractivity contribution in [2.45, 2.75) is 40.0 Å². The minimum absolute atomic E-state index is 0.261. The van der Waals surface area contributed by atoms with Crippen LogP contribution in [0.15, 0.2) is 35.6 Å². The van der Waals surface area contributed by atoms with E-state index in [2.05, 4.69) is 59.9 Å². The fourth-order valence-electron chi connectivity index (χ4n) is 4.18. The Bertz CT molecular complexity index is 1080. The lowest BCUT2D eigenvalue weighted by Gasteiger charge is -2.34. The van der Waals surface area contributed by atoms with E-state index in [0.29, 0.717) is 11.8 Å². The van der Waals surface area contributed by atoms with Crippen LogP contribution >= 0.6 is 0 Å². The first-order valence-electron chi connectivity index (χ1n) is 11.3. The van der Waals surface area contributed by atoms with Crippen molar-refractivity contribution in [2.24, 2.45) is 16.8 Å². The molecule has 164 valence electrons. The van der Waals surface area contributed by atoms with E-state index in [-0.39, 0.29) is 6.61 Å². The second-order valence-corrected chi connectivity index (χ2v) is 8.76. The van der Waals surface area contributed by atoms with Crippen molar-refractivity contribution < 1.29 is 5.11 Å². The molecule has 1 aromatic heterocycles. The predicted molar refractivity (Wildman–Crippen MR) is 130 cm³/mol. The van der Waals surface area contributed by atoms with Crippen LogP contribution in [0.1, 0.15) is 38.7 Å². The van der Waals surface area contributed by atoms with Gasteiger partial charge in [0.1, 0.15) is 0 Å². The Morgan fingerprint density at radius 3 is 2.81 bits per heavy atom. The molecule has 1 fully saturated rings. The molecule has 6 heteroatoms. The lowest BCUT2D eigenvalue weighted by Crippen LogP contribution is -2.35. The zero-order valence-corrected chi connectivity index (χ0v) is 18.7. The van der Waals surface area contributed by atoms with E-state index in [1.165, 1.54) is 0 Å². The number of piperidine rings is 1. The molecule has 0 radical (unpaired) electrons. The average Bonchev–Trinajstić information content (AvgIpc) is 3.29. The fourth-order valence-corrected chi connectivity index (χ4v) is 4.18. The maximum atomic E-state index is 9.48. The smallest absolute Gasteiger partial charge is 0.0983 e. The minimum Gasteiger partial charge on any atom is -0.396 e. The molecule has 0 bridgehead atoms. The highest BCUT2D eigenvalue weighted by Crippen LogP contribution is 2.40. The molecule has 0 aliphatic carbocycles. The van der Waals surface area contributed by atoms with Crippen LogP contribution in [-0.2, 0) is 0 Å². The summed E-state index contributed by atoms with van der Waals surface area (Å²) in [6.45, 7) is 8.50. The quantitative estimate of drug-likeness (QED) is 0.384. The van der Waals surface area contributed by atoms with Gasteiger partial charge in [-0.2, -0.15) is 0 Å². The number of aliphatic hydroxyl groups is 1. The Labute approximate surface area is 184 Å². The Hall–Kier alpha value is -2.86. The molecule has 1 aliphatic heterocycles. The van der Waals surface area contributed by atoms with Crippen molar-refractivity contribution in [3.8, 4) is 11.1 Å². The van der Waals surface area contributed by atoms with Gasteiger partial charge in [0, 0.05) is 31.5 Å². The molecule has 3 aromatic rings. The van der Waals surface area contributed by atoms with E-state index in [0.717, 1.165) is 77.1 Å². The Morgan fingerprint density at radius 1 is 1.32 bits per heavy atom. The maximum Gasteiger partial charge on any atom is 0.0983 e. The van der Waals surface area contributed by atoms with Crippen LogP contribution in [0.5, 0.6) is 0 Å². The van der Waals surface area contributed by atoms with Gasteiger partial charge in [0.05, 0.1) is 34.4 Å². The highest BCUT2D eigenvalue weighted by molar-refractivity contribution is 6.04. The molecule has 2 aromatic carbocycles. The monoisotopic (exact) mass is 419 g/mol. The van der Waals surface area contributed by atoms with Gasteiger partial charge in [-0.1, -0.05) is 26.0 Å². The third-order valence-corrected chi connectivity index (χ3v) is 6.57. The summed E-state index contributed by atoms with van der Waals surface area (Å²) < 4.78 is 0. The SMILES string of the molecule is CCC(C)/C=N\c1cc(-c2cc(N3CCC(CO)CC3)c(N)c3[nH]cnc23)ccc1C. The fraction of sp³-hybridized carbons (Fsp3) is 0.440. The van der Waals surface area contributed by atoms with Crippen LogP contribution in [0.3, 0.4) is 0 Å². The summed E-state index contributed by atoms with van der Waals surface area (Å²) in [7, 11) is 0. The summed E-state index contributed by atoms with van der Waals surface area (Å²) in [6, 6.07) is 8.58. The van der Waals surface area contributed by atoms with Crippen molar-refractivity contribution in [3.63, 3.8) is 0 Å². The number of aromatic amines is 1. The lowest BCUT2D eigenvalue weighted by atomic mass is 9.95. The summed E-state index contributed by atoms with van der Waals surface area (Å²) in [4.78, 5) is 14.9. The molecule has 1 atom stereocenters. The number of hydrogen-bond donors (Lipinski definition) is 3. The number of nitrogens with two attached hydrogens (primary N) is 1. The number of aliphatic imine (C=N–C) groups is 1. The first kappa shape index (κ1) is 21.4. The number of aliphatic hydroxyl groups excluding tert-OH is 1. The van der Waals surface area contributed by atoms with Crippen LogP contribution in [0, 0.1) is 18.8 Å². The third kappa shape index (κ3) is 4.30. The van der Waals surface area contributed by atoms with E-state index in [9.17, 15) is 5.11 Å². The van der Waals surface area contributed by atoms with Crippen LogP contribution < -0.4 is 10.6 Å². The Morgan fingerprint density at radius 2 is 2.10 bits per heavy atom. The standard InChI is InChI=1S/C25H33N5O/c1-4-16(2)13-27-21-11-19(6-5-17(21)3)20-12-22(23(26)25-24(20)28-15-29-25)30-9-7-18(14-31)8-10-30/h5-6,11-13,15-16,18,31H,4,7-10,14,26H2,1-3H3,(H,28,29)/b27-13-. The van der Waals surface area contributed by atoms with Crippen LogP contribution in [-0.4, -0.2) is 41.0 Å². The normalized spacial score (nSPS) is 16.5. The molecule has 1 unspecified atom stereocenters.